The van der Waals surface area contributed by atoms with Crippen LogP contribution in [0.1, 0.15) is 16.1 Å². The highest BCUT2D eigenvalue weighted by Crippen LogP contribution is 2.23. The third kappa shape index (κ3) is 4.98. The second-order valence-corrected chi connectivity index (χ2v) is 6.12. The monoisotopic (exact) mass is 386 g/mol. The smallest absolute Gasteiger partial charge is 0.254 e. The maximum atomic E-state index is 12.1. The third-order valence-corrected chi connectivity index (χ3v) is 4.01. The predicted molar refractivity (Wildman–Crippen MR) is 108 cm³/mol. The molecule has 1 amide bonds. The van der Waals surface area contributed by atoms with E-state index in [0.29, 0.717) is 23.8 Å². The van der Waals surface area contributed by atoms with E-state index in [4.69, 9.17) is 9.15 Å². The third-order valence-electron chi connectivity index (χ3n) is 4.01. The number of para-hydroxylation sites is 1. The van der Waals surface area contributed by atoms with E-state index in [-0.39, 0.29) is 5.91 Å². The molecule has 4 aromatic rings. The molecule has 0 saturated carbocycles. The lowest BCUT2D eigenvalue weighted by Crippen LogP contribution is -2.22. The fraction of sp³-hybridized carbons (Fsp3) is 0.0455. The maximum absolute atomic E-state index is 12.1. The summed E-state index contributed by atoms with van der Waals surface area (Å²) < 4.78 is 10.9. The highest BCUT2D eigenvalue weighted by molar-refractivity contribution is 5.93. The lowest BCUT2D eigenvalue weighted by Gasteiger charge is -2.08. The van der Waals surface area contributed by atoms with Crippen LogP contribution >= 0.6 is 0 Å². The van der Waals surface area contributed by atoms with Crippen LogP contribution in [0.2, 0.25) is 0 Å². The molecule has 0 spiro atoms. The Morgan fingerprint density at radius 3 is 2.31 bits per heavy atom. The van der Waals surface area contributed by atoms with E-state index in [1.54, 1.807) is 18.4 Å². The Hall–Kier alpha value is -4.13. The number of carbonyl (C=O) groups is 1. The Morgan fingerprint density at radius 2 is 1.62 bits per heavy atom. The molecule has 0 radical (unpaired) electrons. The van der Waals surface area contributed by atoms with E-state index in [9.17, 15) is 4.79 Å². The van der Waals surface area contributed by atoms with Gasteiger partial charge in [0.1, 0.15) is 17.3 Å². The van der Waals surface area contributed by atoms with Crippen molar-refractivity contribution >= 4 is 17.5 Å². The van der Waals surface area contributed by atoms with E-state index in [1.807, 2.05) is 54.6 Å². The molecular weight excluding hydrogens is 368 g/mol. The Morgan fingerprint density at radius 1 is 0.897 bits per heavy atom. The summed E-state index contributed by atoms with van der Waals surface area (Å²) >= 11 is 0. The van der Waals surface area contributed by atoms with Crippen molar-refractivity contribution < 1.29 is 13.9 Å². The van der Waals surface area contributed by atoms with E-state index in [0.717, 1.165) is 17.2 Å². The lowest BCUT2D eigenvalue weighted by atomic mass is 10.3. The summed E-state index contributed by atoms with van der Waals surface area (Å²) in [4.78, 5) is 20.5. The molecule has 7 nitrogen and oxygen atoms in total. The predicted octanol–water partition coefficient (Wildman–Crippen LogP) is 4.54. The number of hydrogen-bond acceptors (Lipinski definition) is 6. The van der Waals surface area contributed by atoms with Gasteiger partial charge in [-0.1, -0.05) is 18.2 Å². The van der Waals surface area contributed by atoms with Gasteiger partial charge in [-0.25, -0.2) is 9.97 Å². The van der Waals surface area contributed by atoms with E-state index < -0.39 is 0 Å². The number of rotatable bonds is 7. The van der Waals surface area contributed by atoms with E-state index in [2.05, 4.69) is 20.6 Å². The van der Waals surface area contributed by atoms with Crippen LogP contribution in [-0.2, 0) is 6.54 Å². The molecule has 0 aliphatic carbocycles. The molecule has 7 heteroatoms. The minimum atomic E-state index is -0.268. The second-order valence-electron chi connectivity index (χ2n) is 6.12. The summed E-state index contributed by atoms with van der Waals surface area (Å²) in [7, 11) is 0. The molecule has 0 atom stereocenters. The molecule has 2 heterocycles. The molecule has 0 saturated heterocycles. The van der Waals surface area contributed by atoms with Crippen molar-refractivity contribution in [1.29, 1.82) is 0 Å². The first-order chi connectivity index (χ1) is 14.3. The minimum Gasteiger partial charge on any atom is -0.467 e. The first-order valence-electron chi connectivity index (χ1n) is 8.99. The number of carbonyl (C=O) groups excluding carboxylic acids is 1. The van der Waals surface area contributed by atoms with Gasteiger partial charge >= 0.3 is 0 Å². The molecule has 0 unspecified atom stereocenters. The number of benzene rings is 2. The normalized spacial score (nSPS) is 10.3. The van der Waals surface area contributed by atoms with Crippen molar-refractivity contribution in [2.75, 3.05) is 5.32 Å². The number of nitrogens with zero attached hydrogens (tertiary/aromatic N) is 2. The van der Waals surface area contributed by atoms with Gasteiger partial charge < -0.3 is 19.8 Å². The molecule has 2 aromatic heterocycles. The molecule has 4 rings (SSSR count). The van der Waals surface area contributed by atoms with Crippen molar-refractivity contribution in [2.24, 2.45) is 0 Å². The highest BCUT2D eigenvalue weighted by Gasteiger charge is 2.08. The van der Waals surface area contributed by atoms with Gasteiger partial charge in [0.2, 0.25) is 5.95 Å². The van der Waals surface area contributed by atoms with Gasteiger partial charge in [0.15, 0.2) is 0 Å². The number of furan rings is 1. The molecule has 0 aliphatic rings. The van der Waals surface area contributed by atoms with Crippen molar-refractivity contribution in [2.45, 2.75) is 6.54 Å². The summed E-state index contributed by atoms with van der Waals surface area (Å²) in [5, 5.41) is 5.84. The van der Waals surface area contributed by atoms with Crippen LogP contribution < -0.4 is 15.4 Å². The van der Waals surface area contributed by atoms with Crippen LogP contribution in [0.25, 0.3) is 0 Å². The maximum Gasteiger partial charge on any atom is 0.254 e. The minimum absolute atomic E-state index is 0.268. The summed E-state index contributed by atoms with van der Waals surface area (Å²) in [6.45, 7) is 0.309. The fourth-order valence-corrected chi connectivity index (χ4v) is 2.55. The van der Waals surface area contributed by atoms with Crippen molar-refractivity contribution in [1.82, 2.24) is 15.3 Å². The van der Waals surface area contributed by atoms with Crippen molar-refractivity contribution in [3.8, 4) is 11.5 Å². The molecule has 29 heavy (non-hydrogen) atoms. The Kier molecular flexibility index (Phi) is 5.48. The van der Waals surface area contributed by atoms with Crippen LogP contribution in [0.5, 0.6) is 11.5 Å². The zero-order chi connectivity index (χ0) is 19.9. The standard InChI is InChI=1S/C22H18N4O3/c27-21(23-15-20-7-4-12-28-20)16-13-24-22(25-14-16)26-17-8-10-19(11-9-17)29-18-5-2-1-3-6-18/h1-14H,15H2,(H,23,27)(H,24,25,26). The summed E-state index contributed by atoms with van der Waals surface area (Å²) in [6.07, 6.45) is 4.50. The van der Waals surface area contributed by atoms with Gasteiger partial charge in [-0.05, 0) is 48.5 Å². The molecule has 144 valence electrons. The SMILES string of the molecule is O=C(NCc1ccco1)c1cnc(Nc2ccc(Oc3ccccc3)cc2)nc1. The quantitative estimate of drug-likeness (QED) is 0.485. The van der Waals surface area contributed by atoms with Crippen LogP contribution in [0, 0.1) is 0 Å². The topological polar surface area (TPSA) is 89.3 Å². The molecule has 0 aliphatic heterocycles. The van der Waals surface area contributed by atoms with E-state index in [1.165, 1.54) is 12.4 Å². The molecule has 0 fully saturated rings. The zero-order valence-corrected chi connectivity index (χ0v) is 15.4. The lowest BCUT2D eigenvalue weighted by molar-refractivity contribution is 0.0947. The van der Waals surface area contributed by atoms with Crippen LogP contribution in [0.4, 0.5) is 11.6 Å². The average Bonchev–Trinajstić information content (AvgIpc) is 3.28. The van der Waals surface area contributed by atoms with Crippen LogP contribution in [-0.4, -0.2) is 15.9 Å². The highest BCUT2D eigenvalue weighted by atomic mass is 16.5. The average molecular weight is 386 g/mol. The Labute approximate surface area is 167 Å². The molecular formula is C22H18N4O3. The summed E-state index contributed by atoms with van der Waals surface area (Å²) in [5.74, 6) is 2.31. The molecule has 2 N–H and O–H groups in total. The summed E-state index contributed by atoms with van der Waals surface area (Å²) in [6, 6.07) is 20.6. The molecule has 0 bridgehead atoms. The second kappa shape index (κ2) is 8.71. The first-order valence-corrected chi connectivity index (χ1v) is 8.99. The number of ether oxygens (including phenoxy) is 1. The zero-order valence-electron chi connectivity index (χ0n) is 15.4. The van der Waals surface area contributed by atoms with E-state index >= 15 is 0 Å². The van der Waals surface area contributed by atoms with Gasteiger partial charge in [-0.3, -0.25) is 4.79 Å². The van der Waals surface area contributed by atoms with Gasteiger partial charge in [0.05, 0.1) is 18.4 Å². The number of aromatic nitrogens is 2. The Bertz CT molecular complexity index is 1050. The largest absolute Gasteiger partial charge is 0.467 e. The van der Waals surface area contributed by atoms with Gasteiger partial charge in [-0.2, -0.15) is 0 Å². The van der Waals surface area contributed by atoms with Crippen molar-refractivity contribution in [3.05, 3.63) is 96.7 Å². The fourth-order valence-electron chi connectivity index (χ4n) is 2.55. The number of amides is 1. The summed E-state index contributed by atoms with van der Waals surface area (Å²) in [5.41, 5.74) is 1.18. The number of nitrogens with one attached hydrogen (secondary N) is 2. The number of hydrogen-bond donors (Lipinski definition) is 2. The van der Waals surface area contributed by atoms with Gasteiger partial charge in [0, 0.05) is 18.1 Å². The molecule has 2 aromatic carbocycles. The van der Waals surface area contributed by atoms with Gasteiger partial charge in [0.25, 0.3) is 5.91 Å². The van der Waals surface area contributed by atoms with Crippen LogP contribution in [0.15, 0.2) is 89.8 Å². The van der Waals surface area contributed by atoms with Gasteiger partial charge in [-0.15, -0.1) is 0 Å². The number of anilines is 2. The van der Waals surface area contributed by atoms with Crippen molar-refractivity contribution in [3.63, 3.8) is 0 Å². The van der Waals surface area contributed by atoms with Crippen LogP contribution in [0.3, 0.4) is 0 Å². The Balaban J connectivity index is 1.33. The first kappa shape index (κ1) is 18.2.